The maximum absolute atomic E-state index is 13.3. The minimum atomic E-state index is -1.12. The Kier molecular flexibility index (Phi) is 5.44. The van der Waals surface area contributed by atoms with E-state index in [0.29, 0.717) is 22.0 Å². The topological polar surface area (TPSA) is 57.6 Å². The van der Waals surface area contributed by atoms with Gasteiger partial charge in [-0.15, -0.1) is 0 Å². The van der Waals surface area contributed by atoms with Gasteiger partial charge in [-0.2, -0.15) is 0 Å². The number of nitrogens with zero attached hydrogens (tertiary/aromatic N) is 1. The Labute approximate surface area is 183 Å². The van der Waals surface area contributed by atoms with Crippen LogP contribution in [0.25, 0.3) is 11.8 Å². The van der Waals surface area contributed by atoms with Gasteiger partial charge in [0.25, 0.3) is 5.91 Å². The number of carboxylic acid groups (broad SMARTS) is 1. The van der Waals surface area contributed by atoms with Crippen LogP contribution in [0.1, 0.15) is 21.5 Å². The summed E-state index contributed by atoms with van der Waals surface area (Å²) in [5.41, 5.74) is 3.34. The second-order valence-corrected chi connectivity index (χ2v) is 7.50. The average molecular weight is 436 g/mol. The number of carboxylic acids is 1. The van der Waals surface area contributed by atoms with Crippen molar-refractivity contribution >= 4 is 52.5 Å². The molecule has 0 fully saturated rings. The van der Waals surface area contributed by atoms with Crippen LogP contribution in [0.3, 0.4) is 0 Å². The Bertz CT molecular complexity index is 1200. The summed E-state index contributed by atoms with van der Waals surface area (Å²) in [5, 5.41) is 9.92. The van der Waals surface area contributed by atoms with Gasteiger partial charge in [-0.05, 0) is 53.6 Å². The fourth-order valence-corrected chi connectivity index (χ4v) is 3.63. The van der Waals surface area contributed by atoms with E-state index >= 15 is 0 Å². The third kappa shape index (κ3) is 3.88. The van der Waals surface area contributed by atoms with Crippen LogP contribution in [0.4, 0.5) is 5.69 Å². The molecule has 0 saturated heterocycles. The first-order valence-electron chi connectivity index (χ1n) is 9.06. The molecule has 1 amide bonds. The lowest BCUT2D eigenvalue weighted by Crippen LogP contribution is -2.25. The lowest BCUT2D eigenvalue weighted by atomic mass is 10.1. The van der Waals surface area contributed by atoms with Crippen molar-refractivity contribution in [3.8, 4) is 0 Å². The number of benzene rings is 3. The van der Waals surface area contributed by atoms with Crippen LogP contribution in [-0.2, 0) is 4.79 Å². The van der Waals surface area contributed by atoms with E-state index in [1.165, 1.54) is 17.0 Å². The monoisotopic (exact) mass is 435 g/mol. The van der Waals surface area contributed by atoms with Crippen molar-refractivity contribution in [2.45, 2.75) is 0 Å². The van der Waals surface area contributed by atoms with Gasteiger partial charge in [0.15, 0.2) is 0 Å². The molecule has 0 spiro atoms. The summed E-state index contributed by atoms with van der Waals surface area (Å²) < 4.78 is 0. The van der Waals surface area contributed by atoms with Gasteiger partial charge in [0.1, 0.15) is 0 Å². The van der Waals surface area contributed by atoms with E-state index in [-0.39, 0.29) is 16.5 Å². The first kappa shape index (κ1) is 20.0. The van der Waals surface area contributed by atoms with Crippen molar-refractivity contribution in [3.63, 3.8) is 0 Å². The standard InChI is InChI=1S/C24H15Cl2NO3/c25-18-8-6-15(7-9-18)12-17-13-22(16-4-2-1-3-5-16)27(23(17)28)19-10-11-20(24(29)30)21(26)14-19/h1-14H,(H,29,30). The molecule has 0 bridgehead atoms. The van der Waals surface area contributed by atoms with E-state index in [2.05, 4.69) is 0 Å². The van der Waals surface area contributed by atoms with Gasteiger partial charge in [-0.25, -0.2) is 4.79 Å². The van der Waals surface area contributed by atoms with Crippen molar-refractivity contribution in [1.82, 2.24) is 0 Å². The largest absolute Gasteiger partial charge is 0.478 e. The van der Waals surface area contributed by atoms with Gasteiger partial charge >= 0.3 is 5.97 Å². The lowest BCUT2D eigenvalue weighted by molar-refractivity contribution is -0.113. The lowest BCUT2D eigenvalue weighted by Gasteiger charge is -2.21. The van der Waals surface area contributed by atoms with Crippen LogP contribution in [0.2, 0.25) is 10.0 Å². The Morgan fingerprint density at radius 3 is 2.27 bits per heavy atom. The molecule has 1 aliphatic heterocycles. The SMILES string of the molecule is O=C(O)c1ccc(N2C(=O)C(=Cc3ccc(Cl)cc3)C=C2c2ccccc2)cc1Cl. The molecular formula is C24H15Cl2NO3. The minimum Gasteiger partial charge on any atom is -0.478 e. The van der Waals surface area contributed by atoms with Gasteiger partial charge in [0.05, 0.1) is 22.0 Å². The van der Waals surface area contributed by atoms with Crippen LogP contribution >= 0.6 is 23.2 Å². The number of halogens is 2. The molecule has 6 heteroatoms. The Hall–Kier alpha value is -3.34. The Morgan fingerprint density at radius 2 is 1.63 bits per heavy atom. The van der Waals surface area contributed by atoms with Gasteiger partial charge in [-0.1, -0.05) is 65.7 Å². The second-order valence-electron chi connectivity index (χ2n) is 6.66. The normalized spacial score (nSPS) is 14.9. The molecule has 4 rings (SSSR count). The average Bonchev–Trinajstić information content (AvgIpc) is 3.06. The van der Waals surface area contributed by atoms with Crippen molar-refractivity contribution in [2.24, 2.45) is 0 Å². The number of hydrogen-bond acceptors (Lipinski definition) is 2. The number of hydrogen-bond donors (Lipinski definition) is 1. The third-order valence-corrected chi connectivity index (χ3v) is 5.25. The Morgan fingerprint density at radius 1 is 0.933 bits per heavy atom. The molecular weight excluding hydrogens is 421 g/mol. The first-order valence-corrected chi connectivity index (χ1v) is 9.81. The first-order chi connectivity index (χ1) is 14.4. The summed E-state index contributed by atoms with van der Waals surface area (Å²) in [6.07, 6.45) is 3.60. The highest BCUT2D eigenvalue weighted by Gasteiger charge is 2.31. The maximum atomic E-state index is 13.3. The van der Waals surface area contributed by atoms with Crippen LogP contribution in [0, 0.1) is 0 Å². The number of carbonyl (C=O) groups is 2. The van der Waals surface area contributed by atoms with E-state index in [4.69, 9.17) is 23.2 Å². The number of aromatic carboxylic acids is 1. The molecule has 3 aromatic rings. The van der Waals surface area contributed by atoms with Gasteiger partial charge in [0, 0.05) is 10.6 Å². The number of anilines is 1. The molecule has 0 radical (unpaired) electrons. The van der Waals surface area contributed by atoms with Crippen LogP contribution in [0.5, 0.6) is 0 Å². The molecule has 1 heterocycles. The van der Waals surface area contributed by atoms with E-state index in [1.807, 2.05) is 48.5 Å². The molecule has 1 aliphatic rings. The second kappa shape index (κ2) is 8.19. The van der Waals surface area contributed by atoms with Crippen molar-refractivity contribution in [1.29, 1.82) is 0 Å². The smallest absolute Gasteiger partial charge is 0.337 e. The highest BCUT2D eigenvalue weighted by Crippen LogP contribution is 2.36. The molecule has 3 aromatic carbocycles. The molecule has 1 N–H and O–H groups in total. The summed E-state index contributed by atoms with van der Waals surface area (Å²) in [5.74, 6) is -1.36. The highest BCUT2D eigenvalue weighted by molar-refractivity contribution is 6.34. The van der Waals surface area contributed by atoms with Crippen LogP contribution in [0.15, 0.2) is 84.4 Å². The van der Waals surface area contributed by atoms with Gasteiger partial charge in [-0.3, -0.25) is 9.69 Å². The summed E-state index contributed by atoms with van der Waals surface area (Å²) in [4.78, 5) is 26.1. The fourth-order valence-electron chi connectivity index (χ4n) is 3.25. The van der Waals surface area contributed by atoms with Crippen molar-refractivity contribution < 1.29 is 14.7 Å². The third-order valence-electron chi connectivity index (χ3n) is 4.69. The maximum Gasteiger partial charge on any atom is 0.337 e. The van der Waals surface area contributed by atoms with Crippen LogP contribution < -0.4 is 4.90 Å². The molecule has 0 aromatic heterocycles. The van der Waals surface area contributed by atoms with Crippen molar-refractivity contribution in [2.75, 3.05) is 4.90 Å². The number of amides is 1. The molecule has 148 valence electrons. The van der Waals surface area contributed by atoms with E-state index in [9.17, 15) is 14.7 Å². The molecule has 0 atom stereocenters. The molecule has 30 heavy (non-hydrogen) atoms. The zero-order valence-electron chi connectivity index (χ0n) is 15.5. The molecule has 4 nitrogen and oxygen atoms in total. The predicted molar refractivity (Wildman–Crippen MR) is 120 cm³/mol. The van der Waals surface area contributed by atoms with E-state index in [1.54, 1.807) is 24.3 Å². The number of rotatable bonds is 4. The van der Waals surface area contributed by atoms with Gasteiger partial charge < -0.3 is 5.11 Å². The van der Waals surface area contributed by atoms with Crippen LogP contribution in [-0.4, -0.2) is 17.0 Å². The minimum absolute atomic E-state index is 0.0192. The summed E-state index contributed by atoms with van der Waals surface area (Å²) >= 11 is 12.1. The zero-order valence-corrected chi connectivity index (χ0v) is 17.1. The molecule has 0 aliphatic carbocycles. The van der Waals surface area contributed by atoms with Gasteiger partial charge in [0.2, 0.25) is 0 Å². The van der Waals surface area contributed by atoms with Crippen molar-refractivity contribution in [3.05, 3.63) is 111 Å². The summed E-state index contributed by atoms with van der Waals surface area (Å²) in [6, 6.07) is 21.1. The van der Waals surface area contributed by atoms with E-state index in [0.717, 1.165) is 11.1 Å². The Balaban J connectivity index is 1.81. The fraction of sp³-hybridized carbons (Fsp3) is 0. The molecule has 0 unspecified atom stereocenters. The predicted octanol–water partition coefficient (Wildman–Crippen LogP) is 6.16. The highest BCUT2D eigenvalue weighted by atomic mass is 35.5. The summed E-state index contributed by atoms with van der Waals surface area (Å²) in [7, 11) is 0. The molecule has 0 saturated carbocycles. The number of carbonyl (C=O) groups excluding carboxylic acids is 1. The summed E-state index contributed by atoms with van der Waals surface area (Å²) in [6.45, 7) is 0. The quantitative estimate of drug-likeness (QED) is 0.498. The van der Waals surface area contributed by atoms with E-state index < -0.39 is 5.97 Å². The zero-order chi connectivity index (χ0) is 21.3.